The summed E-state index contributed by atoms with van der Waals surface area (Å²) in [6.45, 7) is 4.84. The third-order valence-corrected chi connectivity index (χ3v) is 6.23. The number of nitrogens with zero attached hydrogens (tertiary/aromatic N) is 1. The Morgan fingerprint density at radius 2 is 2.09 bits per heavy atom. The summed E-state index contributed by atoms with van der Waals surface area (Å²) in [5, 5.41) is 6.19. The van der Waals surface area contributed by atoms with E-state index in [1.807, 2.05) is 0 Å². The predicted molar refractivity (Wildman–Crippen MR) is 89.6 cm³/mol. The summed E-state index contributed by atoms with van der Waals surface area (Å²) in [6, 6.07) is 0.324. The molecule has 0 aromatic carbocycles. The van der Waals surface area contributed by atoms with Crippen molar-refractivity contribution in [2.24, 2.45) is 23.5 Å². The zero-order chi connectivity index (χ0) is 15.7. The molecule has 5 heteroatoms. The van der Waals surface area contributed by atoms with Gasteiger partial charge in [0.05, 0.1) is 12.2 Å². The molecule has 3 N–H and O–H groups in total. The molecule has 0 spiro atoms. The van der Waals surface area contributed by atoms with Crippen molar-refractivity contribution < 1.29 is 4.79 Å². The van der Waals surface area contributed by atoms with Crippen LogP contribution in [0.5, 0.6) is 0 Å². The number of hydrogen-bond donors (Lipinski definition) is 2. The van der Waals surface area contributed by atoms with E-state index in [-0.39, 0.29) is 11.8 Å². The van der Waals surface area contributed by atoms with E-state index in [2.05, 4.69) is 29.5 Å². The Kier molecular flexibility index (Phi) is 4.83. The van der Waals surface area contributed by atoms with Gasteiger partial charge in [0.15, 0.2) is 0 Å². The first-order chi connectivity index (χ1) is 10.5. The molecule has 0 radical (unpaired) electrons. The molecule has 2 bridgehead atoms. The average Bonchev–Trinajstić information content (AvgIpc) is 2.93. The number of carbonyl (C=O) groups excluding carboxylic acids is 1. The van der Waals surface area contributed by atoms with Gasteiger partial charge in [0, 0.05) is 17.3 Å². The van der Waals surface area contributed by atoms with E-state index >= 15 is 0 Å². The average molecular weight is 321 g/mol. The van der Waals surface area contributed by atoms with Crippen molar-refractivity contribution in [1.82, 2.24) is 10.3 Å². The molecule has 2 aliphatic rings. The molecule has 3 rings (SSSR count). The van der Waals surface area contributed by atoms with Crippen molar-refractivity contribution in [3.63, 3.8) is 0 Å². The van der Waals surface area contributed by atoms with Gasteiger partial charge in [0.25, 0.3) is 0 Å². The molecule has 0 aliphatic heterocycles. The summed E-state index contributed by atoms with van der Waals surface area (Å²) in [5.74, 6) is 1.90. The SMILES string of the molecule is CC(C)c1csc(CNC(=O)C2CC3CCCC(C2)C3N)n1. The number of nitrogens with two attached hydrogens (primary N) is 1. The fraction of sp³-hybridized carbons (Fsp3) is 0.765. The maximum Gasteiger partial charge on any atom is 0.223 e. The lowest BCUT2D eigenvalue weighted by molar-refractivity contribution is -0.128. The van der Waals surface area contributed by atoms with E-state index < -0.39 is 0 Å². The monoisotopic (exact) mass is 321 g/mol. The summed E-state index contributed by atoms with van der Waals surface area (Å²) >= 11 is 1.64. The van der Waals surface area contributed by atoms with Gasteiger partial charge >= 0.3 is 0 Å². The Morgan fingerprint density at radius 3 is 2.68 bits per heavy atom. The number of fused-ring (bicyclic) bond motifs is 2. The first-order valence-corrected chi connectivity index (χ1v) is 9.40. The van der Waals surface area contributed by atoms with Gasteiger partial charge in [-0.1, -0.05) is 20.3 Å². The highest BCUT2D eigenvalue weighted by molar-refractivity contribution is 7.09. The minimum Gasteiger partial charge on any atom is -0.349 e. The summed E-state index contributed by atoms with van der Waals surface area (Å²) in [6.07, 6.45) is 5.63. The van der Waals surface area contributed by atoms with Crippen LogP contribution in [0.25, 0.3) is 0 Å². The van der Waals surface area contributed by atoms with Crippen molar-refractivity contribution >= 4 is 17.2 Å². The molecule has 2 saturated carbocycles. The summed E-state index contributed by atoms with van der Waals surface area (Å²) in [4.78, 5) is 17.1. The van der Waals surface area contributed by atoms with Crippen molar-refractivity contribution in [2.45, 2.75) is 64.5 Å². The van der Waals surface area contributed by atoms with Crippen LogP contribution >= 0.6 is 11.3 Å². The van der Waals surface area contributed by atoms with E-state index in [0.717, 1.165) is 23.5 Å². The van der Waals surface area contributed by atoms with E-state index in [1.54, 1.807) is 11.3 Å². The normalized spacial score (nSPS) is 31.3. The highest BCUT2D eigenvalue weighted by atomic mass is 32.1. The number of hydrogen-bond acceptors (Lipinski definition) is 4. The first kappa shape index (κ1) is 15.9. The second-order valence-corrected chi connectivity index (χ2v) is 8.18. The lowest BCUT2D eigenvalue weighted by Crippen LogP contribution is -2.49. The van der Waals surface area contributed by atoms with E-state index in [4.69, 9.17) is 5.73 Å². The summed E-state index contributed by atoms with van der Waals surface area (Å²) in [7, 11) is 0. The molecule has 2 fully saturated rings. The van der Waals surface area contributed by atoms with Crippen molar-refractivity contribution in [1.29, 1.82) is 0 Å². The zero-order valence-corrected chi connectivity index (χ0v) is 14.4. The number of nitrogens with one attached hydrogen (secondary N) is 1. The molecule has 2 atom stereocenters. The van der Waals surface area contributed by atoms with Crippen LogP contribution < -0.4 is 11.1 Å². The Balaban J connectivity index is 1.53. The highest BCUT2D eigenvalue weighted by Gasteiger charge is 2.40. The highest BCUT2D eigenvalue weighted by Crippen LogP contribution is 2.41. The smallest absolute Gasteiger partial charge is 0.223 e. The number of rotatable bonds is 4. The molecule has 1 amide bonds. The second-order valence-electron chi connectivity index (χ2n) is 7.24. The van der Waals surface area contributed by atoms with Crippen LogP contribution in [-0.4, -0.2) is 16.9 Å². The fourth-order valence-electron chi connectivity index (χ4n) is 3.98. The van der Waals surface area contributed by atoms with Crippen molar-refractivity contribution in [3.8, 4) is 0 Å². The third kappa shape index (κ3) is 3.35. The molecule has 22 heavy (non-hydrogen) atoms. The van der Waals surface area contributed by atoms with Gasteiger partial charge in [0.1, 0.15) is 5.01 Å². The predicted octanol–water partition coefficient (Wildman–Crippen LogP) is 3.04. The van der Waals surface area contributed by atoms with Gasteiger partial charge in [-0.25, -0.2) is 4.98 Å². The molecular formula is C17H27N3OS. The minimum absolute atomic E-state index is 0.152. The maximum atomic E-state index is 12.5. The van der Waals surface area contributed by atoms with Crippen LogP contribution in [0.15, 0.2) is 5.38 Å². The van der Waals surface area contributed by atoms with E-state index in [9.17, 15) is 4.79 Å². The van der Waals surface area contributed by atoms with Gasteiger partial charge in [0.2, 0.25) is 5.91 Å². The van der Waals surface area contributed by atoms with Crippen LogP contribution in [-0.2, 0) is 11.3 Å². The van der Waals surface area contributed by atoms with Crippen LogP contribution in [0.4, 0.5) is 0 Å². The fourth-order valence-corrected chi connectivity index (χ4v) is 4.88. The van der Waals surface area contributed by atoms with Crippen LogP contribution in [0, 0.1) is 17.8 Å². The van der Waals surface area contributed by atoms with Crippen LogP contribution in [0.1, 0.15) is 62.6 Å². The van der Waals surface area contributed by atoms with Gasteiger partial charge in [-0.15, -0.1) is 11.3 Å². The number of aromatic nitrogens is 1. The first-order valence-electron chi connectivity index (χ1n) is 8.52. The Bertz CT molecular complexity index is 514. The molecular weight excluding hydrogens is 294 g/mol. The molecule has 1 heterocycles. The minimum atomic E-state index is 0.152. The maximum absolute atomic E-state index is 12.5. The molecule has 0 saturated heterocycles. The molecule has 4 nitrogen and oxygen atoms in total. The molecule has 122 valence electrons. The van der Waals surface area contributed by atoms with Gasteiger partial charge in [-0.05, 0) is 43.4 Å². The van der Waals surface area contributed by atoms with E-state index in [1.165, 1.54) is 19.3 Å². The summed E-state index contributed by atoms with van der Waals surface area (Å²) in [5.41, 5.74) is 7.42. The molecule has 1 aromatic heterocycles. The second kappa shape index (κ2) is 6.67. The lowest BCUT2D eigenvalue weighted by Gasteiger charge is -2.43. The number of amides is 1. The van der Waals surface area contributed by atoms with Crippen LogP contribution in [0.3, 0.4) is 0 Å². The Morgan fingerprint density at radius 1 is 1.41 bits per heavy atom. The van der Waals surface area contributed by atoms with Gasteiger partial charge in [-0.2, -0.15) is 0 Å². The van der Waals surface area contributed by atoms with Crippen molar-refractivity contribution in [2.75, 3.05) is 0 Å². The Hall–Kier alpha value is -0.940. The van der Waals surface area contributed by atoms with Crippen molar-refractivity contribution in [3.05, 3.63) is 16.1 Å². The molecule has 1 aromatic rings. The van der Waals surface area contributed by atoms with Gasteiger partial charge < -0.3 is 11.1 Å². The Labute approximate surface area is 136 Å². The lowest BCUT2D eigenvalue weighted by atomic mass is 9.65. The van der Waals surface area contributed by atoms with Gasteiger partial charge in [-0.3, -0.25) is 4.79 Å². The largest absolute Gasteiger partial charge is 0.349 e. The third-order valence-electron chi connectivity index (χ3n) is 5.36. The standard InChI is InChI=1S/C17H27N3OS/c1-10(2)14-9-22-15(20-14)8-19-17(21)13-6-11-4-3-5-12(7-13)16(11)18/h9-13,16H,3-8,18H2,1-2H3,(H,19,21). The number of carbonyl (C=O) groups is 1. The molecule has 2 aliphatic carbocycles. The summed E-state index contributed by atoms with van der Waals surface area (Å²) < 4.78 is 0. The van der Waals surface area contributed by atoms with E-state index in [0.29, 0.717) is 30.3 Å². The molecule has 2 unspecified atom stereocenters. The number of thiazole rings is 1. The van der Waals surface area contributed by atoms with Crippen LogP contribution in [0.2, 0.25) is 0 Å². The zero-order valence-electron chi connectivity index (χ0n) is 13.5. The quantitative estimate of drug-likeness (QED) is 0.895. The topological polar surface area (TPSA) is 68.0 Å².